The van der Waals surface area contributed by atoms with Crippen molar-refractivity contribution < 1.29 is 117 Å². The molecule has 23 nitrogen and oxygen atoms in total. The van der Waals surface area contributed by atoms with Crippen LogP contribution in [0.25, 0.3) is 0 Å². The quantitative estimate of drug-likeness (QED) is 0.0359. The number of hydrogen-bond acceptors (Lipinski definition) is 22. The number of hydrogen-bond donors (Lipinski definition) is 22. The van der Waals surface area contributed by atoms with E-state index < -0.39 is 48.7 Å². The molecule has 362 valence electrons. The van der Waals surface area contributed by atoms with Gasteiger partial charge in [0.2, 0.25) is 0 Å². The van der Waals surface area contributed by atoms with E-state index in [4.69, 9.17) is 112 Å². The predicted molar refractivity (Wildman–Crippen MR) is 210 cm³/mol. The minimum Gasteiger partial charge on any atom is -0.481 e. The van der Waals surface area contributed by atoms with E-state index >= 15 is 0 Å². The Bertz CT molecular complexity index is 533. The molecule has 0 aliphatic carbocycles. The van der Waals surface area contributed by atoms with Crippen LogP contribution in [0.1, 0.15) is 84.0 Å². The zero-order valence-electron chi connectivity index (χ0n) is 34.2. The zero-order valence-corrected chi connectivity index (χ0v) is 34.2. The van der Waals surface area contributed by atoms with Gasteiger partial charge in [-0.05, 0) is 6.42 Å². The van der Waals surface area contributed by atoms with Crippen molar-refractivity contribution in [2.45, 2.75) is 127 Å². The SMILES string of the molecule is CCCCCCCCCCCCCC(=O)O.OCC(O)CO.OCC(O)CO.OCC(O)CO.OCC(O)CO.OCC(O)CO.OCC(O)CO.OCC(O)CO. The summed E-state index contributed by atoms with van der Waals surface area (Å²) in [6, 6.07) is 0. The summed E-state index contributed by atoms with van der Waals surface area (Å²) < 4.78 is 0. The molecule has 22 N–H and O–H groups in total. The zero-order chi connectivity index (χ0) is 47.0. The standard InChI is InChI=1S/C14H28O2.7C3H8O3/c1-2-3-4-5-6-7-8-9-10-11-12-13-14(15)16;7*4-1-3(6)2-5/h2-13H2,1H3,(H,15,16);7*3-6H,1-2H2. The Morgan fingerprint density at radius 3 is 0.534 bits per heavy atom. The number of carboxylic acids is 1. The average Bonchev–Trinajstić information content (AvgIpc) is 3.27. The van der Waals surface area contributed by atoms with Crippen LogP contribution in [0.4, 0.5) is 0 Å². The second kappa shape index (κ2) is 70.2. The molecular formula is C35H84O23. The Morgan fingerprint density at radius 1 is 0.293 bits per heavy atom. The van der Waals surface area contributed by atoms with Crippen molar-refractivity contribution >= 4 is 5.97 Å². The minimum atomic E-state index is -0.954. The largest absolute Gasteiger partial charge is 0.481 e. The monoisotopic (exact) mass is 873 g/mol. The van der Waals surface area contributed by atoms with Crippen molar-refractivity contribution in [2.24, 2.45) is 0 Å². The molecule has 0 rings (SSSR count). The first-order valence-corrected chi connectivity index (χ1v) is 18.9. The highest BCUT2D eigenvalue weighted by Gasteiger charge is 1.98. The summed E-state index contributed by atoms with van der Waals surface area (Å²) in [5.74, 6) is -0.657. The van der Waals surface area contributed by atoms with Crippen molar-refractivity contribution in [3.63, 3.8) is 0 Å². The maximum Gasteiger partial charge on any atom is 0.303 e. The number of rotatable bonds is 26. The van der Waals surface area contributed by atoms with Gasteiger partial charge in [-0.15, -0.1) is 0 Å². The van der Waals surface area contributed by atoms with Gasteiger partial charge in [0, 0.05) is 6.42 Å². The predicted octanol–water partition coefficient (Wildman–Crippen LogP) is -6.90. The first kappa shape index (κ1) is 74.1. The molecule has 0 aromatic rings. The summed E-state index contributed by atoms with van der Waals surface area (Å²) in [6.45, 7) is -2.86. The Labute approximate surface area is 342 Å². The number of unbranched alkanes of at least 4 members (excludes halogenated alkanes) is 10. The molecule has 0 unspecified atom stereocenters. The van der Waals surface area contributed by atoms with Gasteiger partial charge in [-0.1, -0.05) is 71.1 Å². The van der Waals surface area contributed by atoms with Gasteiger partial charge in [0.1, 0.15) is 42.7 Å². The summed E-state index contributed by atoms with van der Waals surface area (Å²) >= 11 is 0. The summed E-state index contributed by atoms with van der Waals surface area (Å²) in [5.41, 5.74) is 0. The topological polar surface area (TPSA) is 462 Å². The van der Waals surface area contributed by atoms with Gasteiger partial charge in [0.15, 0.2) is 0 Å². The van der Waals surface area contributed by atoms with E-state index in [0.717, 1.165) is 12.8 Å². The molecule has 23 heteroatoms. The third kappa shape index (κ3) is 100. The van der Waals surface area contributed by atoms with Gasteiger partial charge in [-0.3, -0.25) is 4.79 Å². The van der Waals surface area contributed by atoms with Crippen LogP contribution >= 0.6 is 0 Å². The van der Waals surface area contributed by atoms with Crippen LogP contribution in [0.5, 0.6) is 0 Å². The van der Waals surface area contributed by atoms with E-state index in [2.05, 4.69) is 6.92 Å². The maximum atomic E-state index is 10.3. The van der Waals surface area contributed by atoms with Crippen molar-refractivity contribution in [2.75, 3.05) is 92.5 Å². The third-order valence-corrected chi connectivity index (χ3v) is 5.94. The van der Waals surface area contributed by atoms with Crippen molar-refractivity contribution in [1.29, 1.82) is 0 Å². The van der Waals surface area contributed by atoms with Gasteiger partial charge in [0.05, 0.1) is 92.5 Å². The molecule has 0 aromatic carbocycles. The van der Waals surface area contributed by atoms with E-state index in [9.17, 15) is 4.79 Å². The molecule has 0 amide bonds. The Morgan fingerprint density at radius 2 is 0.431 bits per heavy atom. The Balaban J connectivity index is -0.0000000859. The van der Waals surface area contributed by atoms with Crippen LogP contribution in [0.3, 0.4) is 0 Å². The fraction of sp³-hybridized carbons (Fsp3) is 0.971. The molecule has 0 bridgehead atoms. The molecule has 0 fully saturated rings. The first-order valence-electron chi connectivity index (χ1n) is 18.9. The summed E-state index contributed by atoms with van der Waals surface area (Å²) in [5, 5.41) is 177. The summed E-state index contributed by atoms with van der Waals surface area (Å²) in [7, 11) is 0. The lowest BCUT2D eigenvalue weighted by Gasteiger charge is -2.01. The lowest BCUT2D eigenvalue weighted by Crippen LogP contribution is -2.15. The molecule has 0 aliphatic rings. The van der Waals surface area contributed by atoms with Gasteiger partial charge < -0.3 is 112 Å². The van der Waals surface area contributed by atoms with Crippen LogP contribution < -0.4 is 0 Å². The van der Waals surface area contributed by atoms with Crippen molar-refractivity contribution in [3.05, 3.63) is 0 Å². The van der Waals surface area contributed by atoms with Crippen molar-refractivity contribution in [1.82, 2.24) is 0 Å². The molecule has 0 saturated carbocycles. The van der Waals surface area contributed by atoms with E-state index in [0.29, 0.717) is 6.42 Å². The normalized spacial score (nSPS) is 10.2. The lowest BCUT2D eigenvalue weighted by atomic mass is 10.1. The van der Waals surface area contributed by atoms with Crippen LogP contribution in [-0.2, 0) is 4.79 Å². The van der Waals surface area contributed by atoms with Crippen molar-refractivity contribution in [3.8, 4) is 0 Å². The minimum absolute atomic E-state index is 0.344. The van der Waals surface area contributed by atoms with Gasteiger partial charge in [-0.2, -0.15) is 0 Å². The molecule has 0 aliphatic heterocycles. The third-order valence-electron chi connectivity index (χ3n) is 5.94. The highest BCUT2D eigenvalue weighted by atomic mass is 16.4. The highest BCUT2D eigenvalue weighted by Crippen LogP contribution is 2.11. The molecule has 0 saturated heterocycles. The molecule has 58 heavy (non-hydrogen) atoms. The molecule has 0 heterocycles. The first-order chi connectivity index (χ1) is 27.4. The Hall–Kier alpha value is -1.37. The Kier molecular flexibility index (Phi) is 89.7. The summed E-state index contributed by atoms with van der Waals surface area (Å²) in [4.78, 5) is 10.3. The van der Waals surface area contributed by atoms with E-state index in [-0.39, 0.29) is 92.5 Å². The van der Waals surface area contributed by atoms with Gasteiger partial charge in [0.25, 0.3) is 0 Å². The summed E-state index contributed by atoms with van der Waals surface area (Å²) in [6.07, 6.45) is 7.68. The smallest absolute Gasteiger partial charge is 0.303 e. The van der Waals surface area contributed by atoms with Crippen LogP contribution in [0.15, 0.2) is 0 Å². The van der Waals surface area contributed by atoms with Crippen LogP contribution in [0.2, 0.25) is 0 Å². The molecule has 0 atom stereocenters. The van der Waals surface area contributed by atoms with Gasteiger partial charge >= 0.3 is 5.97 Å². The number of carboxylic acid groups (broad SMARTS) is 1. The highest BCUT2D eigenvalue weighted by molar-refractivity contribution is 5.66. The lowest BCUT2D eigenvalue weighted by molar-refractivity contribution is -0.137. The maximum absolute atomic E-state index is 10.3. The molecule has 0 radical (unpaired) electrons. The van der Waals surface area contributed by atoms with Crippen LogP contribution in [0, 0.1) is 0 Å². The second-order valence-electron chi connectivity index (χ2n) is 11.8. The van der Waals surface area contributed by atoms with Gasteiger partial charge in [-0.25, -0.2) is 0 Å². The number of aliphatic carboxylic acids is 1. The van der Waals surface area contributed by atoms with E-state index in [1.54, 1.807) is 0 Å². The molecular weight excluding hydrogens is 788 g/mol. The molecule has 0 spiro atoms. The van der Waals surface area contributed by atoms with E-state index in [1.807, 2.05) is 0 Å². The fourth-order valence-corrected chi connectivity index (χ4v) is 2.34. The number of aliphatic hydroxyl groups is 21. The second-order valence-corrected chi connectivity index (χ2v) is 11.8. The molecule has 0 aromatic heterocycles. The average molecular weight is 873 g/mol. The number of aliphatic hydroxyl groups excluding tert-OH is 21. The number of carbonyl (C=O) groups is 1. The van der Waals surface area contributed by atoms with Crippen LogP contribution in [-0.4, -0.2) is 254 Å². The fourth-order valence-electron chi connectivity index (χ4n) is 2.34. The van der Waals surface area contributed by atoms with E-state index in [1.165, 1.54) is 57.8 Å².